The van der Waals surface area contributed by atoms with Crippen LogP contribution in [0, 0.1) is 5.41 Å². The molecule has 1 atom stereocenters. The van der Waals surface area contributed by atoms with Gasteiger partial charge in [0.15, 0.2) is 0 Å². The highest BCUT2D eigenvalue weighted by molar-refractivity contribution is 5.94. The monoisotopic (exact) mass is 235 g/mol. The number of carbonyl (C=O) groups is 1. The number of aromatic nitrogens is 3. The van der Waals surface area contributed by atoms with Gasteiger partial charge in [-0.05, 0) is 24.8 Å². The van der Waals surface area contributed by atoms with Crippen LogP contribution in [-0.2, 0) is 4.79 Å². The Morgan fingerprint density at radius 1 is 1.53 bits per heavy atom. The van der Waals surface area contributed by atoms with Crippen LogP contribution in [0.3, 0.4) is 0 Å². The first-order valence-corrected chi connectivity index (χ1v) is 5.77. The first-order valence-electron chi connectivity index (χ1n) is 5.77. The number of nitrogens with zero attached hydrogens (tertiary/aromatic N) is 3. The first-order chi connectivity index (χ1) is 8.09. The van der Waals surface area contributed by atoms with E-state index in [1.54, 1.807) is 0 Å². The number of piperidine rings is 1. The van der Waals surface area contributed by atoms with E-state index in [2.05, 4.69) is 39.7 Å². The Balaban J connectivity index is 2.04. The van der Waals surface area contributed by atoms with Gasteiger partial charge < -0.3 is 5.32 Å². The van der Waals surface area contributed by atoms with Crippen molar-refractivity contribution in [2.24, 2.45) is 5.41 Å². The molecule has 6 heteroatoms. The fourth-order valence-corrected chi connectivity index (χ4v) is 2.15. The topological polar surface area (TPSA) is 79.8 Å². The second-order valence-corrected chi connectivity index (χ2v) is 4.93. The highest BCUT2D eigenvalue weighted by Gasteiger charge is 2.37. The number of hydrogen-bond acceptors (Lipinski definition) is 5. The van der Waals surface area contributed by atoms with E-state index in [0.29, 0.717) is 0 Å². The highest BCUT2D eigenvalue weighted by atomic mass is 16.2. The number of amides is 1. The van der Waals surface area contributed by atoms with Crippen molar-refractivity contribution in [2.45, 2.75) is 32.7 Å². The summed E-state index contributed by atoms with van der Waals surface area (Å²) in [5, 5.41) is 13.3. The van der Waals surface area contributed by atoms with Gasteiger partial charge in [-0.25, -0.2) is 4.98 Å². The van der Waals surface area contributed by atoms with Crippen molar-refractivity contribution in [2.75, 3.05) is 11.9 Å². The molecule has 17 heavy (non-hydrogen) atoms. The Bertz CT molecular complexity index is 392. The van der Waals surface area contributed by atoms with Gasteiger partial charge in [-0.1, -0.05) is 13.8 Å². The van der Waals surface area contributed by atoms with Gasteiger partial charge in [0, 0.05) is 0 Å². The van der Waals surface area contributed by atoms with E-state index >= 15 is 0 Å². The van der Waals surface area contributed by atoms with Crippen LogP contribution in [0.25, 0.3) is 0 Å². The number of rotatable bonds is 2. The molecule has 92 valence electrons. The molecule has 1 saturated heterocycles. The van der Waals surface area contributed by atoms with E-state index in [0.717, 1.165) is 19.4 Å². The number of nitrogens with one attached hydrogen (secondary N) is 2. The third-order valence-corrected chi connectivity index (χ3v) is 3.11. The SMILES string of the molecule is CC1(C)CCCNC1C(=O)Nc1nccnn1. The summed E-state index contributed by atoms with van der Waals surface area (Å²) < 4.78 is 0. The van der Waals surface area contributed by atoms with Crippen LogP contribution in [0.4, 0.5) is 5.95 Å². The summed E-state index contributed by atoms with van der Waals surface area (Å²) >= 11 is 0. The van der Waals surface area contributed by atoms with Crippen LogP contribution in [0.1, 0.15) is 26.7 Å². The van der Waals surface area contributed by atoms with Crippen LogP contribution in [0.5, 0.6) is 0 Å². The Kier molecular flexibility index (Phi) is 3.33. The molecule has 0 aliphatic carbocycles. The minimum absolute atomic E-state index is 0.0510. The molecule has 1 aromatic rings. The standard InChI is InChI=1S/C11H17N5O/c1-11(2)4-3-5-12-8(11)9(17)15-10-13-6-7-14-16-10/h6-8,12H,3-5H2,1-2H3,(H,13,15,16,17). The van der Waals surface area contributed by atoms with E-state index < -0.39 is 0 Å². The number of carbonyl (C=O) groups excluding carboxylic acids is 1. The normalized spacial score (nSPS) is 23.1. The minimum atomic E-state index is -0.208. The minimum Gasteiger partial charge on any atom is -0.305 e. The van der Waals surface area contributed by atoms with Crippen molar-refractivity contribution >= 4 is 11.9 Å². The Hall–Kier alpha value is -1.56. The zero-order valence-electron chi connectivity index (χ0n) is 10.1. The van der Waals surface area contributed by atoms with Crippen LogP contribution in [0.2, 0.25) is 0 Å². The molecule has 2 rings (SSSR count). The molecular weight excluding hydrogens is 218 g/mol. The molecule has 1 aliphatic heterocycles. The van der Waals surface area contributed by atoms with Crippen molar-refractivity contribution in [3.63, 3.8) is 0 Å². The maximum atomic E-state index is 12.1. The predicted octanol–water partition coefficient (Wildman–Crippen LogP) is 0.588. The second kappa shape index (κ2) is 4.75. The fourth-order valence-electron chi connectivity index (χ4n) is 2.15. The van der Waals surface area contributed by atoms with E-state index in [9.17, 15) is 4.79 Å². The summed E-state index contributed by atoms with van der Waals surface area (Å²) in [7, 11) is 0. The molecule has 1 fully saturated rings. The van der Waals surface area contributed by atoms with Crippen molar-refractivity contribution in [3.05, 3.63) is 12.4 Å². The molecular formula is C11H17N5O. The average Bonchev–Trinajstić information content (AvgIpc) is 2.29. The molecule has 0 radical (unpaired) electrons. The Morgan fingerprint density at radius 3 is 3.00 bits per heavy atom. The number of hydrogen-bond donors (Lipinski definition) is 2. The van der Waals surface area contributed by atoms with Crippen molar-refractivity contribution in [1.29, 1.82) is 0 Å². The summed E-state index contributed by atoms with van der Waals surface area (Å²) in [6, 6.07) is -0.208. The van der Waals surface area contributed by atoms with Gasteiger partial charge in [-0.2, -0.15) is 5.10 Å². The molecule has 1 aliphatic rings. The molecule has 0 spiro atoms. The zero-order chi connectivity index (χ0) is 12.3. The molecule has 0 bridgehead atoms. The van der Waals surface area contributed by atoms with Crippen LogP contribution < -0.4 is 10.6 Å². The molecule has 6 nitrogen and oxygen atoms in total. The predicted molar refractivity (Wildman–Crippen MR) is 63.3 cm³/mol. The summed E-state index contributed by atoms with van der Waals surface area (Å²) in [6.45, 7) is 5.05. The molecule has 0 aromatic carbocycles. The molecule has 2 heterocycles. The summed E-state index contributed by atoms with van der Waals surface area (Å²) in [6.07, 6.45) is 5.10. The van der Waals surface area contributed by atoms with Crippen LogP contribution in [-0.4, -0.2) is 33.7 Å². The fraction of sp³-hybridized carbons (Fsp3) is 0.636. The molecule has 2 N–H and O–H groups in total. The lowest BCUT2D eigenvalue weighted by atomic mass is 9.77. The van der Waals surface area contributed by atoms with Crippen LogP contribution >= 0.6 is 0 Å². The average molecular weight is 235 g/mol. The third kappa shape index (κ3) is 2.76. The highest BCUT2D eigenvalue weighted by Crippen LogP contribution is 2.30. The molecule has 0 saturated carbocycles. The lowest BCUT2D eigenvalue weighted by molar-refractivity contribution is -0.121. The summed E-state index contributed by atoms with van der Waals surface area (Å²) in [5.41, 5.74) is -0.0510. The summed E-state index contributed by atoms with van der Waals surface area (Å²) in [5.74, 6) is 0.156. The molecule has 1 aromatic heterocycles. The van der Waals surface area contributed by atoms with Gasteiger partial charge >= 0.3 is 0 Å². The number of anilines is 1. The zero-order valence-corrected chi connectivity index (χ0v) is 10.1. The maximum absolute atomic E-state index is 12.1. The van der Waals surface area contributed by atoms with Gasteiger partial charge in [0.05, 0.1) is 18.4 Å². The van der Waals surface area contributed by atoms with Gasteiger partial charge in [-0.15, -0.1) is 5.10 Å². The lowest BCUT2D eigenvalue weighted by Gasteiger charge is -2.37. The van der Waals surface area contributed by atoms with Crippen molar-refractivity contribution < 1.29 is 4.79 Å². The Morgan fingerprint density at radius 2 is 2.35 bits per heavy atom. The lowest BCUT2D eigenvalue weighted by Crippen LogP contribution is -2.53. The Labute approximate surface area is 100 Å². The van der Waals surface area contributed by atoms with Gasteiger partial charge in [-0.3, -0.25) is 10.1 Å². The first kappa shape index (κ1) is 11.9. The van der Waals surface area contributed by atoms with E-state index in [-0.39, 0.29) is 23.3 Å². The smallest absolute Gasteiger partial charge is 0.249 e. The van der Waals surface area contributed by atoms with Gasteiger partial charge in [0.1, 0.15) is 0 Å². The van der Waals surface area contributed by atoms with Gasteiger partial charge in [0.2, 0.25) is 11.9 Å². The molecule has 1 unspecified atom stereocenters. The van der Waals surface area contributed by atoms with E-state index in [1.807, 2.05) is 0 Å². The van der Waals surface area contributed by atoms with Crippen LogP contribution in [0.15, 0.2) is 12.4 Å². The third-order valence-electron chi connectivity index (χ3n) is 3.11. The van der Waals surface area contributed by atoms with E-state index in [4.69, 9.17) is 0 Å². The quantitative estimate of drug-likeness (QED) is 0.784. The maximum Gasteiger partial charge on any atom is 0.249 e. The second-order valence-electron chi connectivity index (χ2n) is 4.93. The molecule has 1 amide bonds. The van der Waals surface area contributed by atoms with Gasteiger partial charge in [0.25, 0.3) is 0 Å². The van der Waals surface area contributed by atoms with Crippen molar-refractivity contribution in [1.82, 2.24) is 20.5 Å². The van der Waals surface area contributed by atoms with E-state index in [1.165, 1.54) is 12.4 Å². The van der Waals surface area contributed by atoms with Crippen molar-refractivity contribution in [3.8, 4) is 0 Å². The largest absolute Gasteiger partial charge is 0.305 e. The summed E-state index contributed by atoms with van der Waals surface area (Å²) in [4.78, 5) is 16.0.